The molecule has 0 aliphatic carbocycles. The largest absolute Gasteiger partial charge is 0.256 e. The fraction of sp³-hybridized carbons (Fsp3) is 0.222. The van der Waals surface area contributed by atoms with Crippen molar-refractivity contribution in [2.24, 2.45) is 0 Å². The molecule has 3 nitrogen and oxygen atoms in total. The van der Waals surface area contributed by atoms with E-state index in [9.17, 15) is 0 Å². The maximum atomic E-state index is 4.46. The van der Waals surface area contributed by atoms with Gasteiger partial charge in [-0.05, 0) is 35.2 Å². The number of hydrogen-bond acceptors (Lipinski definition) is 2. The Morgan fingerprint density at radius 3 is 2.57 bits per heavy atom. The van der Waals surface area contributed by atoms with E-state index in [0.29, 0.717) is 0 Å². The van der Waals surface area contributed by atoms with Crippen molar-refractivity contribution in [1.82, 2.24) is 14.8 Å². The second-order valence-electron chi connectivity index (χ2n) is 6.19. The average molecular weight is 277 g/mol. The summed E-state index contributed by atoms with van der Waals surface area (Å²) in [5.41, 5.74) is 4.47. The van der Waals surface area contributed by atoms with Gasteiger partial charge in [0.05, 0.1) is 17.6 Å². The van der Waals surface area contributed by atoms with Crippen LogP contribution in [0.5, 0.6) is 0 Å². The molecule has 0 saturated carbocycles. The van der Waals surface area contributed by atoms with E-state index in [1.807, 2.05) is 35.3 Å². The summed E-state index contributed by atoms with van der Waals surface area (Å²) in [5, 5.41) is 4.46. The molecule has 0 bridgehead atoms. The number of hydrogen-bond donors (Lipinski definition) is 0. The lowest BCUT2D eigenvalue weighted by molar-refractivity contribution is 0.589. The molecular formula is C18H19N3. The summed E-state index contributed by atoms with van der Waals surface area (Å²) < 4.78 is 1.90. The van der Waals surface area contributed by atoms with Crippen LogP contribution in [-0.2, 0) is 5.41 Å². The van der Waals surface area contributed by atoms with Crippen LogP contribution < -0.4 is 0 Å². The highest BCUT2D eigenvalue weighted by atomic mass is 15.3. The first-order valence-electron chi connectivity index (χ1n) is 7.11. The molecule has 0 radical (unpaired) electrons. The van der Waals surface area contributed by atoms with Crippen LogP contribution in [0, 0.1) is 0 Å². The molecule has 3 heteroatoms. The minimum atomic E-state index is 0.132. The van der Waals surface area contributed by atoms with Crippen molar-refractivity contribution in [1.29, 1.82) is 0 Å². The highest BCUT2D eigenvalue weighted by Gasteiger charge is 2.14. The first-order chi connectivity index (χ1) is 10.0. The van der Waals surface area contributed by atoms with Crippen LogP contribution in [0.15, 0.2) is 61.1 Å². The van der Waals surface area contributed by atoms with Crippen molar-refractivity contribution < 1.29 is 0 Å². The van der Waals surface area contributed by atoms with Crippen molar-refractivity contribution in [2.45, 2.75) is 26.2 Å². The Bertz CT molecular complexity index is 736. The Morgan fingerprint density at radius 1 is 1.00 bits per heavy atom. The smallest absolute Gasteiger partial charge is 0.0733 e. The lowest BCUT2D eigenvalue weighted by atomic mass is 9.87. The van der Waals surface area contributed by atoms with Gasteiger partial charge in [0.25, 0.3) is 0 Å². The molecule has 0 aliphatic heterocycles. The SMILES string of the molecule is CC(C)(C)c1cccc(-n2cc(-c3ccccn3)cn2)c1. The van der Waals surface area contributed by atoms with E-state index in [1.54, 1.807) is 6.20 Å². The van der Waals surface area contributed by atoms with Gasteiger partial charge in [0.1, 0.15) is 0 Å². The molecule has 0 unspecified atom stereocenters. The zero-order chi connectivity index (χ0) is 14.9. The molecule has 3 aromatic rings. The Hall–Kier alpha value is -2.42. The van der Waals surface area contributed by atoms with E-state index < -0.39 is 0 Å². The molecule has 0 aliphatic rings. The second kappa shape index (κ2) is 5.17. The fourth-order valence-corrected chi connectivity index (χ4v) is 2.24. The molecular weight excluding hydrogens is 258 g/mol. The number of nitrogens with zero attached hydrogens (tertiary/aromatic N) is 3. The van der Waals surface area contributed by atoms with E-state index in [1.165, 1.54) is 5.56 Å². The van der Waals surface area contributed by atoms with E-state index in [0.717, 1.165) is 16.9 Å². The zero-order valence-corrected chi connectivity index (χ0v) is 12.6. The predicted octanol–water partition coefficient (Wildman–Crippen LogP) is 4.23. The number of pyridine rings is 1. The molecule has 2 heterocycles. The van der Waals surface area contributed by atoms with Gasteiger partial charge in [-0.15, -0.1) is 0 Å². The van der Waals surface area contributed by atoms with Gasteiger partial charge in [-0.1, -0.05) is 39.0 Å². The van der Waals surface area contributed by atoms with E-state index in [-0.39, 0.29) is 5.41 Å². The molecule has 0 spiro atoms. The summed E-state index contributed by atoms with van der Waals surface area (Å²) in [6.07, 6.45) is 5.67. The summed E-state index contributed by atoms with van der Waals surface area (Å²) in [5.74, 6) is 0. The predicted molar refractivity (Wildman–Crippen MR) is 85.5 cm³/mol. The van der Waals surface area contributed by atoms with E-state index >= 15 is 0 Å². The van der Waals surface area contributed by atoms with E-state index in [4.69, 9.17) is 0 Å². The van der Waals surface area contributed by atoms with Crippen LogP contribution in [-0.4, -0.2) is 14.8 Å². The Labute approximate surface area is 125 Å². The topological polar surface area (TPSA) is 30.7 Å². The summed E-state index contributed by atoms with van der Waals surface area (Å²) in [6.45, 7) is 6.65. The molecule has 106 valence electrons. The Morgan fingerprint density at radius 2 is 1.86 bits per heavy atom. The molecule has 0 saturated heterocycles. The minimum absolute atomic E-state index is 0.132. The molecule has 0 atom stereocenters. The monoisotopic (exact) mass is 277 g/mol. The number of benzene rings is 1. The van der Waals surface area contributed by atoms with Crippen LogP contribution >= 0.6 is 0 Å². The summed E-state index contributed by atoms with van der Waals surface area (Å²) in [6, 6.07) is 14.4. The lowest BCUT2D eigenvalue weighted by Gasteiger charge is -2.19. The number of aromatic nitrogens is 3. The lowest BCUT2D eigenvalue weighted by Crippen LogP contribution is -2.11. The van der Waals surface area contributed by atoms with Crippen molar-refractivity contribution >= 4 is 0 Å². The van der Waals surface area contributed by atoms with Gasteiger partial charge in [0.15, 0.2) is 0 Å². The summed E-state index contributed by atoms with van der Waals surface area (Å²) in [4.78, 5) is 4.36. The molecule has 0 amide bonds. The van der Waals surface area contributed by atoms with Gasteiger partial charge in [0.2, 0.25) is 0 Å². The molecule has 0 N–H and O–H groups in total. The molecule has 1 aromatic carbocycles. The zero-order valence-electron chi connectivity index (χ0n) is 12.6. The quantitative estimate of drug-likeness (QED) is 0.701. The number of rotatable bonds is 2. The molecule has 21 heavy (non-hydrogen) atoms. The maximum absolute atomic E-state index is 4.46. The van der Waals surface area contributed by atoms with Crippen LogP contribution in [0.3, 0.4) is 0 Å². The van der Waals surface area contributed by atoms with Gasteiger partial charge in [0, 0.05) is 18.0 Å². The van der Waals surface area contributed by atoms with Crippen molar-refractivity contribution in [2.75, 3.05) is 0 Å². The Kier molecular flexibility index (Phi) is 3.34. The molecule has 0 fully saturated rings. The van der Waals surface area contributed by atoms with Gasteiger partial charge in [-0.25, -0.2) is 4.68 Å². The third-order valence-electron chi connectivity index (χ3n) is 3.52. The fourth-order valence-electron chi connectivity index (χ4n) is 2.24. The van der Waals surface area contributed by atoms with Crippen LogP contribution in [0.2, 0.25) is 0 Å². The normalized spacial score (nSPS) is 11.6. The maximum Gasteiger partial charge on any atom is 0.0733 e. The first kappa shape index (κ1) is 13.6. The second-order valence-corrected chi connectivity index (χ2v) is 6.19. The van der Waals surface area contributed by atoms with Gasteiger partial charge < -0.3 is 0 Å². The standard InChI is InChI=1S/C18H19N3/c1-18(2,3)15-7-6-8-16(11-15)21-13-14(12-20-21)17-9-4-5-10-19-17/h4-13H,1-3H3. The van der Waals surface area contributed by atoms with Crippen LogP contribution in [0.25, 0.3) is 16.9 Å². The van der Waals surface area contributed by atoms with Crippen LogP contribution in [0.1, 0.15) is 26.3 Å². The van der Waals surface area contributed by atoms with Gasteiger partial charge in [-0.2, -0.15) is 5.10 Å². The minimum Gasteiger partial charge on any atom is -0.256 e. The van der Waals surface area contributed by atoms with Gasteiger partial charge >= 0.3 is 0 Å². The molecule has 3 rings (SSSR count). The van der Waals surface area contributed by atoms with Gasteiger partial charge in [-0.3, -0.25) is 4.98 Å². The van der Waals surface area contributed by atoms with Crippen molar-refractivity contribution in [3.63, 3.8) is 0 Å². The Balaban J connectivity index is 1.97. The highest BCUT2D eigenvalue weighted by molar-refractivity contribution is 5.57. The summed E-state index contributed by atoms with van der Waals surface area (Å²) in [7, 11) is 0. The highest BCUT2D eigenvalue weighted by Crippen LogP contribution is 2.24. The third kappa shape index (κ3) is 2.87. The van der Waals surface area contributed by atoms with E-state index in [2.05, 4.69) is 55.1 Å². The third-order valence-corrected chi connectivity index (χ3v) is 3.52. The average Bonchev–Trinajstić information content (AvgIpc) is 2.97. The summed E-state index contributed by atoms with van der Waals surface area (Å²) >= 11 is 0. The van der Waals surface area contributed by atoms with Crippen molar-refractivity contribution in [3.05, 3.63) is 66.6 Å². The van der Waals surface area contributed by atoms with Crippen molar-refractivity contribution in [3.8, 4) is 16.9 Å². The first-order valence-corrected chi connectivity index (χ1v) is 7.11. The molecule has 2 aromatic heterocycles. The van der Waals surface area contributed by atoms with Crippen LogP contribution in [0.4, 0.5) is 0 Å².